The molecule has 0 aromatic carbocycles. The number of thioether (sulfide) groups is 1. The van der Waals surface area contributed by atoms with E-state index >= 15 is 0 Å². The highest BCUT2D eigenvalue weighted by Crippen LogP contribution is 2.21. The Bertz CT molecular complexity index is 339. The van der Waals surface area contributed by atoms with Crippen LogP contribution < -0.4 is 5.32 Å². The van der Waals surface area contributed by atoms with E-state index in [9.17, 15) is 9.59 Å². The maximum atomic E-state index is 11.9. The minimum atomic E-state index is -0.923. The number of likely N-dealkylation sites (N-methyl/N-ethyl adjacent to an activating group) is 1. The summed E-state index contributed by atoms with van der Waals surface area (Å²) < 4.78 is 0. The second-order valence-corrected chi connectivity index (χ2v) is 5.79. The maximum absolute atomic E-state index is 11.9. The van der Waals surface area contributed by atoms with Gasteiger partial charge in [-0.25, -0.2) is 9.59 Å². The average Bonchev–Trinajstić information content (AvgIpc) is 2.94. The van der Waals surface area contributed by atoms with Crippen LogP contribution in [-0.4, -0.2) is 70.8 Å². The molecule has 2 aliphatic rings. The molecule has 2 rings (SSSR count). The van der Waals surface area contributed by atoms with Gasteiger partial charge >= 0.3 is 12.0 Å². The summed E-state index contributed by atoms with van der Waals surface area (Å²) in [4.78, 5) is 26.6. The van der Waals surface area contributed by atoms with E-state index in [0.29, 0.717) is 24.2 Å². The molecule has 2 atom stereocenters. The van der Waals surface area contributed by atoms with Gasteiger partial charge in [-0.15, -0.1) is 11.8 Å². The van der Waals surface area contributed by atoms with Crippen LogP contribution in [-0.2, 0) is 4.79 Å². The second kappa shape index (κ2) is 5.79. The van der Waals surface area contributed by atoms with Crippen molar-refractivity contribution in [2.75, 3.05) is 31.8 Å². The fourth-order valence-electron chi connectivity index (χ4n) is 2.39. The highest BCUT2D eigenvalue weighted by atomic mass is 32.2. The number of nitrogens with one attached hydrogen (secondary N) is 1. The lowest BCUT2D eigenvalue weighted by molar-refractivity contribution is -0.140. The van der Waals surface area contributed by atoms with E-state index in [1.807, 2.05) is 0 Å². The number of rotatable bonds is 3. The Morgan fingerprint density at radius 2 is 2.28 bits per heavy atom. The number of hydrogen-bond donors (Lipinski definition) is 2. The van der Waals surface area contributed by atoms with Gasteiger partial charge in [0.1, 0.15) is 6.04 Å². The molecule has 0 saturated carbocycles. The van der Waals surface area contributed by atoms with Crippen LogP contribution in [0.15, 0.2) is 0 Å². The SMILES string of the molecule is CN1CCCC1CNC(=O)N1CSCC1C(=O)O. The van der Waals surface area contributed by atoms with Crippen LogP contribution in [0.3, 0.4) is 0 Å². The van der Waals surface area contributed by atoms with Crippen LogP contribution in [0.1, 0.15) is 12.8 Å². The number of carbonyl (C=O) groups excluding carboxylic acids is 1. The van der Waals surface area contributed by atoms with Gasteiger partial charge in [0.2, 0.25) is 0 Å². The van der Waals surface area contributed by atoms with Crippen molar-refractivity contribution >= 4 is 23.8 Å². The number of urea groups is 1. The summed E-state index contributed by atoms with van der Waals surface area (Å²) in [5.41, 5.74) is 0. The highest BCUT2D eigenvalue weighted by molar-refractivity contribution is 7.99. The normalized spacial score (nSPS) is 28.6. The van der Waals surface area contributed by atoms with Crippen molar-refractivity contribution in [3.8, 4) is 0 Å². The topological polar surface area (TPSA) is 72.9 Å². The molecule has 102 valence electrons. The largest absolute Gasteiger partial charge is 0.480 e. The van der Waals surface area contributed by atoms with Gasteiger partial charge in [0, 0.05) is 18.3 Å². The molecule has 0 aliphatic carbocycles. The first kappa shape index (κ1) is 13.5. The third kappa shape index (κ3) is 2.89. The molecule has 0 radical (unpaired) electrons. The molecule has 2 amide bonds. The first-order chi connectivity index (χ1) is 8.59. The van der Waals surface area contributed by atoms with Gasteiger partial charge in [-0.2, -0.15) is 0 Å². The van der Waals surface area contributed by atoms with E-state index in [4.69, 9.17) is 5.11 Å². The molecule has 0 aromatic rings. The molecule has 18 heavy (non-hydrogen) atoms. The average molecular weight is 273 g/mol. The number of carboxylic acid groups (broad SMARTS) is 1. The molecule has 0 spiro atoms. The van der Waals surface area contributed by atoms with Crippen LogP contribution in [0.4, 0.5) is 4.79 Å². The van der Waals surface area contributed by atoms with Crippen molar-refractivity contribution in [1.82, 2.24) is 15.1 Å². The lowest BCUT2D eigenvalue weighted by atomic mass is 10.2. The highest BCUT2D eigenvalue weighted by Gasteiger charge is 2.34. The summed E-state index contributed by atoms with van der Waals surface area (Å²) >= 11 is 1.48. The van der Waals surface area contributed by atoms with Crippen LogP contribution in [0, 0.1) is 0 Å². The smallest absolute Gasteiger partial charge is 0.327 e. The van der Waals surface area contributed by atoms with Crippen molar-refractivity contribution in [2.24, 2.45) is 0 Å². The number of carboxylic acids is 1. The summed E-state index contributed by atoms with van der Waals surface area (Å²) in [6.45, 7) is 1.67. The molecule has 7 heteroatoms. The van der Waals surface area contributed by atoms with Crippen molar-refractivity contribution in [3.05, 3.63) is 0 Å². The Balaban J connectivity index is 1.82. The first-order valence-corrected chi connectivity index (χ1v) is 7.30. The van der Waals surface area contributed by atoms with Crippen LogP contribution in [0.25, 0.3) is 0 Å². The standard InChI is InChI=1S/C11H19N3O3S/c1-13-4-2-3-8(13)5-12-11(17)14-7-18-6-9(14)10(15)16/h8-9H,2-7H2,1H3,(H,12,17)(H,15,16). The van der Waals surface area contributed by atoms with Gasteiger partial charge in [0.05, 0.1) is 5.88 Å². The summed E-state index contributed by atoms with van der Waals surface area (Å²) in [6.07, 6.45) is 2.25. The van der Waals surface area contributed by atoms with Crippen molar-refractivity contribution in [3.63, 3.8) is 0 Å². The predicted molar refractivity (Wildman–Crippen MR) is 69.6 cm³/mol. The zero-order chi connectivity index (χ0) is 13.1. The Morgan fingerprint density at radius 1 is 1.50 bits per heavy atom. The molecule has 2 fully saturated rings. The molecule has 2 saturated heterocycles. The number of carbonyl (C=O) groups is 2. The fourth-order valence-corrected chi connectivity index (χ4v) is 3.54. The quantitative estimate of drug-likeness (QED) is 0.771. The Labute approximate surface area is 111 Å². The van der Waals surface area contributed by atoms with Gasteiger partial charge in [-0.1, -0.05) is 0 Å². The number of likely N-dealkylation sites (tertiary alicyclic amines) is 1. The lowest BCUT2D eigenvalue weighted by Gasteiger charge is -2.24. The third-order valence-corrected chi connectivity index (χ3v) is 4.60. The van der Waals surface area contributed by atoms with Crippen LogP contribution >= 0.6 is 11.8 Å². The Morgan fingerprint density at radius 3 is 2.89 bits per heavy atom. The molecular weight excluding hydrogens is 254 g/mol. The van der Waals surface area contributed by atoms with Gasteiger partial charge in [0.15, 0.2) is 0 Å². The van der Waals surface area contributed by atoms with E-state index in [2.05, 4.69) is 17.3 Å². The number of aliphatic carboxylic acids is 1. The summed E-state index contributed by atoms with van der Waals surface area (Å²) in [7, 11) is 2.05. The van der Waals surface area contributed by atoms with E-state index < -0.39 is 12.0 Å². The number of amides is 2. The monoisotopic (exact) mass is 273 g/mol. The molecule has 0 bridgehead atoms. The van der Waals surface area contributed by atoms with E-state index in [0.717, 1.165) is 19.4 Å². The van der Waals surface area contributed by atoms with Gasteiger partial charge in [-0.3, -0.25) is 0 Å². The van der Waals surface area contributed by atoms with Crippen molar-refractivity contribution < 1.29 is 14.7 Å². The molecule has 6 nitrogen and oxygen atoms in total. The van der Waals surface area contributed by atoms with E-state index in [1.165, 1.54) is 16.7 Å². The summed E-state index contributed by atoms with van der Waals surface area (Å²) in [5, 5.41) is 11.9. The van der Waals surface area contributed by atoms with Gasteiger partial charge in [0.25, 0.3) is 0 Å². The van der Waals surface area contributed by atoms with Crippen molar-refractivity contribution in [1.29, 1.82) is 0 Å². The molecule has 2 unspecified atom stereocenters. The predicted octanol–water partition coefficient (Wildman–Crippen LogP) is 0.250. The summed E-state index contributed by atoms with van der Waals surface area (Å²) in [6, 6.07) is -0.559. The second-order valence-electron chi connectivity index (χ2n) is 4.79. The minimum absolute atomic E-state index is 0.257. The molecule has 2 aliphatic heterocycles. The van der Waals surface area contributed by atoms with Crippen molar-refractivity contribution in [2.45, 2.75) is 24.9 Å². The minimum Gasteiger partial charge on any atom is -0.480 e. The van der Waals surface area contributed by atoms with Gasteiger partial charge < -0.3 is 20.2 Å². The number of hydrogen-bond acceptors (Lipinski definition) is 4. The zero-order valence-electron chi connectivity index (χ0n) is 10.5. The van der Waals surface area contributed by atoms with E-state index in [1.54, 1.807) is 0 Å². The van der Waals surface area contributed by atoms with Crippen LogP contribution in [0.5, 0.6) is 0 Å². The lowest BCUT2D eigenvalue weighted by Crippen LogP contribution is -2.49. The fraction of sp³-hybridized carbons (Fsp3) is 0.818. The number of nitrogens with zero attached hydrogens (tertiary/aromatic N) is 2. The Hall–Kier alpha value is -0.950. The van der Waals surface area contributed by atoms with Crippen LogP contribution in [0.2, 0.25) is 0 Å². The zero-order valence-corrected chi connectivity index (χ0v) is 11.3. The molecule has 2 N–H and O–H groups in total. The molecule has 0 aromatic heterocycles. The third-order valence-electron chi connectivity index (χ3n) is 3.59. The molecule has 2 heterocycles. The maximum Gasteiger partial charge on any atom is 0.327 e. The molecular formula is C11H19N3O3S. The Kier molecular flexibility index (Phi) is 4.34. The van der Waals surface area contributed by atoms with Gasteiger partial charge in [-0.05, 0) is 26.4 Å². The first-order valence-electron chi connectivity index (χ1n) is 6.15. The van der Waals surface area contributed by atoms with E-state index in [-0.39, 0.29) is 6.03 Å². The summed E-state index contributed by atoms with van der Waals surface area (Å²) in [5.74, 6) is 0.0168.